The number of aromatic nitrogens is 4. The van der Waals surface area contributed by atoms with Gasteiger partial charge in [0.05, 0.1) is 55.0 Å². The highest BCUT2D eigenvalue weighted by molar-refractivity contribution is 6.06. The van der Waals surface area contributed by atoms with Crippen molar-refractivity contribution in [3.8, 4) is 11.5 Å². The van der Waals surface area contributed by atoms with Crippen molar-refractivity contribution in [3.63, 3.8) is 0 Å². The number of fused-ring (bicyclic) bond motifs is 8. The Kier molecular flexibility index (Phi) is 15.3. The number of pyridine rings is 4. The number of rotatable bonds is 12. The third-order valence-corrected chi connectivity index (χ3v) is 13.9. The lowest BCUT2D eigenvalue weighted by molar-refractivity contribution is -0.168. The number of urea groups is 2. The van der Waals surface area contributed by atoms with Gasteiger partial charge in [-0.1, -0.05) is 6.92 Å². The van der Waals surface area contributed by atoms with E-state index in [1.165, 1.54) is 23.4 Å². The predicted octanol–water partition coefficient (Wildman–Crippen LogP) is 8.14. The number of carboxylic acid groups (broad SMARTS) is 1. The Morgan fingerprint density at radius 2 is 1.18 bits per heavy atom. The molecule has 4 amide bonds. The fourth-order valence-corrected chi connectivity index (χ4v) is 10.3. The van der Waals surface area contributed by atoms with Crippen LogP contribution < -0.4 is 39.7 Å². The van der Waals surface area contributed by atoms with Crippen LogP contribution in [0.25, 0.3) is 0 Å². The van der Waals surface area contributed by atoms with Gasteiger partial charge >= 0.3 is 24.2 Å². The maximum absolute atomic E-state index is 13.6. The minimum atomic E-state index is -4.49. The van der Waals surface area contributed by atoms with E-state index in [1.807, 2.05) is 34.6 Å². The lowest BCUT2D eigenvalue weighted by atomic mass is 9.96. The number of alkyl halides is 3. The molecule has 4 aromatic rings. The SMILES string of the molecule is Cc1cc(C(=O)C[C@H](C)C(F)(F)F)nc2c1N1CCC[C@@H](C1)N2C(=O)Nc1ccc(OC[C@@H]2COC(C)(C)O2)cn1.Cc1cc(C(=O)O)nc2c1N1CCC[C@@H](C1)N2C(=O)Nc1ccc(OC[C@@H]2COC(C)(C)O2)cn1. The van der Waals surface area contributed by atoms with Crippen LogP contribution in [0.3, 0.4) is 0 Å². The number of carboxylic acids is 1. The van der Waals surface area contributed by atoms with Gasteiger partial charge in [-0.3, -0.25) is 25.2 Å². The molecule has 6 aliphatic heterocycles. The molecule has 4 aromatic heterocycles. The largest absolute Gasteiger partial charge is 0.489 e. The fourth-order valence-electron chi connectivity index (χ4n) is 10.3. The molecule has 0 radical (unpaired) electrons. The molecule has 21 nitrogen and oxygen atoms in total. The highest BCUT2D eigenvalue weighted by Gasteiger charge is 2.43. The van der Waals surface area contributed by atoms with Gasteiger partial charge in [0.15, 0.2) is 34.7 Å². The van der Waals surface area contributed by atoms with Gasteiger partial charge in [-0.2, -0.15) is 13.2 Å². The number of carbonyl (C=O) groups excluding carboxylic acids is 3. The van der Waals surface area contributed by atoms with E-state index in [2.05, 4.69) is 40.4 Å². The van der Waals surface area contributed by atoms with Gasteiger partial charge < -0.3 is 43.3 Å². The van der Waals surface area contributed by atoms with E-state index in [0.29, 0.717) is 67.3 Å². The molecule has 0 spiro atoms. The molecule has 0 aliphatic carbocycles. The average Bonchev–Trinajstić information content (AvgIpc) is 3.91. The number of aromatic carboxylic acids is 1. The molecule has 3 N–H and O–H groups in total. The number of aryl methyl sites for hydroxylation is 2. The zero-order valence-corrected chi connectivity index (χ0v) is 43.4. The van der Waals surface area contributed by atoms with Crippen molar-refractivity contribution in [3.05, 3.63) is 71.3 Å². The van der Waals surface area contributed by atoms with Crippen LogP contribution in [0, 0.1) is 19.8 Å². The summed E-state index contributed by atoms with van der Waals surface area (Å²) in [5.41, 5.74) is 2.80. The topological polar surface area (TPSA) is 232 Å². The summed E-state index contributed by atoms with van der Waals surface area (Å²) >= 11 is 0. The highest BCUT2D eigenvalue weighted by atomic mass is 19.4. The zero-order valence-electron chi connectivity index (χ0n) is 43.4. The molecule has 4 bridgehead atoms. The molecular formula is C52H63F3N10O11. The summed E-state index contributed by atoms with van der Waals surface area (Å²) in [6.07, 6.45) is 0.773. The van der Waals surface area contributed by atoms with Gasteiger partial charge in [-0.25, -0.2) is 34.3 Å². The number of nitrogens with one attached hydrogen (secondary N) is 2. The van der Waals surface area contributed by atoms with Crippen molar-refractivity contribution in [2.75, 3.05) is 82.8 Å². The Balaban J connectivity index is 0.000000188. The summed E-state index contributed by atoms with van der Waals surface area (Å²) in [5, 5.41) is 15.1. The number of piperidine rings is 2. The van der Waals surface area contributed by atoms with Gasteiger partial charge in [0.2, 0.25) is 0 Å². The molecular weight excluding hydrogens is 998 g/mol. The van der Waals surface area contributed by atoms with Crippen molar-refractivity contribution in [1.82, 2.24) is 19.9 Å². The van der Waals surface area contributed by atoms with Crippen molar-refractivity contribution in [1.29, 1.82) is 0 Å². The molecule has 0 saturated carbocycles. The normalized spacial score (nSPS) is 22.3. The molecule has 6 aliphatic rings. The van der Waals surface area contributed by atoms with Crippen LogP contribution in [-0.2, 0) is 18.9 Å². The average molecular weight is 1060 g/mol. The number of ketones is 1. The van der Waals surface area contributed by atoms with E-state index >= 15 is 0 Å². The number of Topliss-reactive ketones (excluding diaryl/α,β-unsaturated/α-hetero) is 1. The summed E-state index contributed by atoms with van der Waals surface area (Å²) in [4.78, 5) is 76.2. The molecule has 408 valence electrons. The highest BCUT2D eigenvalue weighted by Crippen LogP contribution is 2.43. The van der Waals surface area contributed by atoms with E-state index in [4.69, 9.17) is 28.4 Å². The van der Waals surface area contributed by atoms with Gasteiger partial charge in [-0.15, -0.1) is 0 Å². The third kappa shape index (κ3) is 12.2. The summed E-state index contributed by atoms with van der Waals surface area (Å²) in [7, 11) is 0. The minimum absolute atomic E-state index is 0.0834. The Morgan fingerprint density at radius 1 is 0.737 bits per heavy atom. The first-order valence-corrected chi connectivity index (χ1v) is 25.4. The van der Waals surface area contributed by atoms with Crippen molar-refractivity contribution < 1.29 is 65.9 Å². The van der Waals surface area contributed by atoms with Crippen LogP contribution >= 0.6 is 0 Å². The second kappa shape index (κ2) is 21.6. The van der Waals surface area contributed by atoms with Crippen LogP contribution in [0.15, 0.2) is 48.8 Å². The number of hydrogen-bond donors (Lipinski definition) is 3. The standard InChI is InChI=1S/C28H34F3N5O5.C24H29N5O6/c1-16-10-21(22(37)11-17(2)28(29,30)31)33-25-24(16)35-9-5-6-18(13-35)36(25)26(38)34-23-8-7-19(12-32-23)39-14-20-15-40-27(3,4)41-20;1-14-9-18(22(30)31)26-21-20(14)28-8-4-5-15(11-28)29(21)23(32)27-19-7-6-16(10-25-19)33-12-17-13-34-24(2,3)35-17/h7-8,10,12,17-18,20H,5-6,9,11,13-15H2,1-4H3,(H,32,34,38);6-7,9-10,15,17H,4-5,8,11-13H2,1-3H3,(H,30,31)(H,25,27,32)/t17-,18-,20+;15-,17+/m00/s1. The third-order valence-electron chi connectivity index (χ3n) is 13.9. The van der Waals surface area contributed by atoms with Crippen LogP contribution in [0.2, 0.25) is 0 Å². The predicted molar refractivity (Wildman–Crippen MR) is 272 cm³/mol. The number of nitrogens with zero attached hydrogens (tertiary/aromatic N) is 8. The number of ether oxygens (including phenoxy) is 6. The van der Waals surface area contributed by atoms with E-state index in [1.54, 1.807) is 42.2 Å². The Bertz CT molecular complexity index is 2820. The van der Waals surface area contributed by atoms with Gasteiger partial charge in [0.25, 0.3) is 0 Å². The zero-order chi connectivity index (χ0) is 54.3. The second-order valence-corrected chi connectivity index (χ2v) is 20.7. The molecule has 76 heavy (non-hydrogen) atoms. The Morgan fingerprint density at radius 3 is 1.58 bits per heavy atom. The Hall–Kier alpha value is -6.89. The molecule has 4 saturated heterocycles. The monoisotopic (exact) mass is 1060 g/mol. The van der Waals surface area contributed by atoms with E-state index in [0.717, 1.165) is 56.9 Å². The summed E-state index contributed by atoms with van der Waals surface area (Å²) < 4.78 is 73.4. The first kappa shape index (κ1) is 53.9. The van der Waals surface area contributed by atoms with Crippen LogP contribution in [0.4, 0.5) is 57.4 Å². The molecule has 24 heteroatoms. The van der Waals surface area contributed by atoms with Crippen LogP contribution in [-0.4, -0.2) is 144 Å². The number of amides is 4. The van der Waals surface area contributed by atoms with Crippen molar-refractivity contribution in [2.24, 2.45) is 5.92 Å². The number of anilines is 6. The molecule has 10 rings (SSSR count). The molecule has 0 unspecified atom stereocenters. The lowest BCUT2D eigenvalue weighted by Crippen LogP contribution is -2.56. The van der Waals surface area contributed by atoms with Crippen molar-refractivity contribution >= 4 is 58.5 Å². The molecule has 4 fully saturated rings. The molecule has 10 heterocycles. The number of halogens is 3. The number of hydrogen-bond acceptors (Lipinski definition) is 16. The number of carbonyl (C=O) groups is 4. The van der Waals surface area contributed by atoms with Gasteiger partial charge in [-0.05, 0) is 115 Å². The fraction of sp³-hybridized carbons (Fsp3) is 0.538. The first-order valence-electron chi connectivity index (χ1n) is 25.4. The second-order valence-electron chi connectivity index (χ2n) is 20.7. The van der Waals surface area contributed by atoms with E-state index in [-0.39, 0.29) is 53.9 Å². The lowest BCUT2D eigenvalue weighted by Gasteiger charge is -2.46. The van der Waals surface area contributed by atoms with E-state index in [9.17, 15) is 37.5 Å². The van der Waals surface area contributed by atoms with E-state index < -0.39 is 53.9 Å². The van der Waals surface area contributed by atoms with Gasteiger partial charge in [0.1, 0.15) is 54.3 Å². The summed E-state index contributed by atoms with van der Waals surface area (Å²) in [6, 6.07) is 8.53. The quantitative estimate of drug-likeness (QED) is 0.114. The maximum Gasteiger partial charge on any atom is 0.391 e. The van der Waals surface area contributed by atoms with Crippen LogP contribution in [0.5, 0.6) is 11.5 Å². The van der Waals surface area contributed by atoms with Crippen LogP contribution in [0.1, 0.15) is 98.8 Å². The first-order chi connectivity index (χ1) is 36.0. The summed E-state index contributed by atoms with van der Waals surface area (Å²) in [5.74, 6) is -2.59. The maximum atomic E-state index is 13.6. The molecule has 5 atom stereocenters. The minimum Gasteiger partial charge on any atom is -0.489 e. The van der Waals surface area contributed by atoms with Crippen molar-refractivity contribution in [2.45, 2.75) is 123 Å². The van der Waals surface area contributed by atoms with Gasteiger partial charge in [0, 0.05) is 32.6 Å². The molecule has 0 aromatic carbocycles. The Labute approximate surface area is 437 Å². The smallest absolute Gasteiger partial charge is 0.391 e. The summed E-state index contributed by atoms with van der Waals surface area (Å²) in [6.45, 7) is 16.4.